The highest BCUT2D eigenvalue weighted by molar-refractivity contribution is 6.18. The summed E-state index contributed by atoms with van der Waals surface area (Å²) in [6, 6.07) is 28.0. The Labute approximate surface area is 202 Å². The van der Waals surface area contributed by atoms with Crippen LogP contribution < -0.4 is 0 Å². The Hall–Kier alpha value is -4.83. The summed E-state index contributed by atoms with van der Waals surface area (Å²) in [6.45, 7) is 0. The van der Waals surface area contributed by atoms with Gasteiger partial charge >= 0.3 is 0 Å². The first-order valence-electron chi connectivity index (χ1n) is 11.4. The van der Waals surface area contributed by atoms with Crippen LogP contribution in [0.3, 0.4) is 0 Å². The molecule has 0 bridgehead atoms. The fourth-order valence-corrected chi connectivity index (χ4v) is 4.56. The Balaban J connectivity index is 1.71. The second-order valence-corrected chi connectivity index (χ2v) is 8.34. The highest BCUT2D eigenvalue weighted by Gasteiger charge is 2.28. The first kappa shape index (κ1) is 20.8. The first-order valence-corrected chi connectivity index (χ1v) is 11.4. The predicted molar refractivity (Wildman–Crippen MR) is 138 cm³/mol. The van der Waals surface area contributed by atoms with E-state index in [-0.39, 0.29) is 23.0 Å². The quantitative estimate of drug-likeness (QED) is 0.286. The monoisotopic (exact) mass is 452 g/mol. The lowest BCUT2D eigenvalue weighted by molar-refractivity contribution is 0.0995. The molecule has 4 heteroatoms. The molecule has 0 N–H and O–H groups in total. The van der Waals surface area contributed by atoms with Gasteiger partial charge in [-0.2, -0.15) is 0 Å². The maximum atomic E-state index is 13.9. The SMILES string of the molecule is O=C(c1ccccc1)c1nc2c3c(c(-c4ccccc4)cn3c1C(=O)c1ccccc1)C=CC=C2. The van der Waals surface area contributed by atoms with E-state index in [9.17, 15) is 9.59 Å². The number of carbonyl (C=O) groups excluding carboxylic acids is 2. The maximum Gasteiger partial charge on any atom is 0.213 e. The Morgan fingerprint density at radius 3 is 1.89 bits per heavy atom. The van der Waals surface area contributed by atoms with Gasteiger partial charge in [-0.15, -0.1) is 0 Å². The Morgan fingerprint density at radius 1 is 0.657 bits per heavy atom. The molecule has 0 amide bonds. The summed E-state index contributed by atoms with van der Waals surface area (Å²) in [5.74, 6) is -0.535. The van der Waals surface area contributed by atoms with Crippen LogP contribution in [0.15, 0.2) is 109 Å². The van der Waals surface area contributed by atoms with Crippen molar-refractivity contribution in [3.8, 4) is 11.1 Å². The molecular weight excluding hydrogens is 432 g/mol. The minimum Gasteiger partial charge on any atom is -0.308 e. The van der Waals surface area contributed by atoms with Crippen molar-refractivity contribution in [2.45, 2.75) is 0 Å². The zero-order chi connectivity index (χ0) is 23.8. The van der Waals surface area contributed by atoms with E-state index >= 15 is 0 Å². The van der Waals surface area contributed by atoms with Crippen molar-refractivity contribution in [2.75, 3.05) is 0 Å². The average molecular weight is 453 g/mol. The van der Waals surface area contributed by atoms with E-state index < -0.39 is 0 Å². The van der Waals surface area contributed by atoms with Crippen molar-refractivity contribution < 1.29 is 9.59 Å². The van der Waals surface area contributed by atoms with E-state index in [0.717, 1.165) is 22.2 Å². The molecule has 0 saturated heterocycles. The number of benzene rings is 3. The second kappa shape index (κ2) is 8.50. The molecule has 1 aliphatic rings. The van der Waals surface area contributed by atoms with Crippen molar-refractivity contribution in [1.82, 2.24) is 9.38 Å². The van der Waals surface area contributed by atoms with Crippen LogP contribution in [0.2, 0.25) is 0 Å². The van der Waals surface area contributed by atoms with Crippen LogP contribution in [-0.4, -0.2) is 21.0 Å². The molecule has 0 atom stereocenters. The third kappa shape index (κ3) is 3.52. The summed E-state index contributed by atoms with van der Waals surface area (Å²) in [7, 11) is 0. The van der Waals surface area contributed by atoms with Gasteiger partial charge < -0.3 is 4.40 Å². The van der Waals surface area contributed by atoms with Crippen molar-refractivity contribution in [1.29, 1.82) is 0 Å². The summed E-state index contributed by atoms with van der Waals surface area (Å²) in [4.78, 5) is 32.4. The summed E-state index contributed by atoms with van der Waals surface area (Å²) in [5.41, 5.74) is 5.80. The predicted octanol–water partition coefficient (Wildman–Crippen LogP) is 6.50. The number of ketones is 2. The molecule has 0 fully saturated rings. The van der Waals surface area contributed by atoms with E-state index in [1.54, 1.807) is 24.3 Å². The summed E-state index contributed by atoms with van der Waals surface area (Å²) in [5, 5.41) is 0. The molecular formula is C31H20N2O2. The molecule has 0 aliphatic heterocycles. The van der Waals surface area contributed by atoms with Gasteiger partial charge in [0.1, 0.15) is 11.4 Å². The maximum absolute atomic E-state index is 13.9. The third-order valence-electron chi connectivity index (χ3n) is 6.20. The summed E-state index contributed by atoms with van der Waals surface area (Å²) < 4.78 is 1.85. The smallest absolute Gasteiger partial charge is 0.213 e. The van der Waals surface area contributed by atoms with Crippen LogP contribution in [0.25, 0.3) is 28.8 Å². The number of hydrogen-bond acceptors (Lipinski definition) is 3. The number of nitrogens with zero attached hydrogens (tertiary/aromatic N) is 2. The van der Waals surface area contributed by atoms with Crippen LogP contribution >= 0.6 is 0 Å². The largest absolute Gasteiger partial charge is 0.308 e. The van der Waals surface area contributed by atoms with E-state index in [4.69, 9.17) is 4.98 Å². The number of hydrogen-bond donors (Lipinski definition) is 0. The van der Waals surface area contributed by atoms with Crippen LogP contribution in [0.5, 0.6) is 0 Å². The van der Waals surface area contributed by atoms with Gasteiger partial charge in [-0.05, 0) is 11.6 Å². The first-order chi connectivity index (χ1) is 17.2. The van der Waals surface area contributed by atoms with E-state index in [0.29, 0.717) is 16.8 Å². The van der Waals surface area contributed by atoms with Crippen molar-refractivity contribution >= 4 is 29.2 Å². The van der Waals surface area contributed by atoms with Gasteiger partial charge in [0.15, 0.2) is 0 Å². The lowest BCUT2D eigenvalue weighted by atomic mass is 10.0. The van der Waals surface area contributed by atoms with E-state index in [1.807, 2.05) is 102 Å². The van der Waals surface area contributed by atoms with Crippen LogP contribution in [0.1, 0.15) is 43.4 Å². The molecule has 1 aliphatic carbocycles. The highest BCUT2D eigenvalue weighted by atomic mass is 16.1. The minimum absolute atomic E-state index is 0.139. The Bertz CT molecular complexity index is 1640. The molecule has 2 aromatic heterocycles. The van der Waals surface area contributed by atoms with Gasteiger partial charge in [-0.1, -0.05) is 109 Å². The normalized spacial score (nSPS) is 12.0. The fraction of sp³-hybridized carbons (Fsp3) is 0. The second-order valence-electron chi connectivity index (χ2n) is 8.34. The molecule has 3 aromatic carbocycles. The number of allylic oxidation sites excluding steroid dienone is 2. The van der Waals surface area contributed by atoms with Crippen LogP contribution in [0, 0.1) is 0 Å². The Kier molecular flexibility index (Phi) is 5.04. The standard InChI is InChI=1S/C31H20N2O2/c34-30(22-14-6-2-7-15-22)27-29(31(35)23-16-8-3-9-17-23)33-20-25(21-12-4-1-5-13-21)24-18-10-11-19-26(32-27)28(24)33/h1-20H. The molecule has 166 valence electrons. The molecule has 6 rings (SSSR count). The third-order valence-corrected chi connectivity index (χ3v) is 6.20. The molecule has 0 spiro atoms. The van der Waals surface area contributed by atoms with Gasteiger partial charge in [-0.25, -0.2) is 4.98 Å². The van der Waals surface area contributed by atoms with E-state index in [2.05, 4.69) is 0 Å². The zero-order valence-corrected chi connectivity index (χ0v) is 18.8. The minimum atomic E-state index is -0.287. The topological polar surface area (TPSA) is 51.4 Å². The molecule has 0 unspecified atom stereocenters. The van der Waals surface area contributed by atoms with Crippen molar-refractivity contribution in [3.63, 3.8) is 0 Å². The van der Waals surface area contributed by atoms with Gasteiger partial charge in [-0.3, -0.25) is 9.59 Å². The molecule has 5 aromatic rings. The lowest BCUT2D eigenvalue weighted by Crippen LogP contribution is -2.19. The van der Waals surface area contributed by atoms with Gasteiger partial charge in [0.25, 0.3) is 0 Å². The molecule has 4 nitrogen and oxygen atoms in total. The average Bonchev–Trinajstić information content (AvgIpc) is 3.17. The van der Waals surface area contributed by atoms with Gasteiger partial charge in [0, 0.05) is 28.5 Å². The number of rotatable bonds is 5. The van der Waals surface area contributed by atoms with Crippen LogP contribution in [0.4, 0.5) is 0 Å². The Morgan fingerprint density at radius 2 is 1.23 bits per heavy atom. The molecule has 0 saturated carbocycles. The van der Waals surface area contributed by atoms with Crippen molar-refractivity contribution in [3.05, 3.63) is 143 Å². The molecule has 2 heterocycles. The summed E-state index contributed by atoms with van der Waals surface area (Å²) >= 11 is 0. The van der Waals surface area contributed by atoms with Crippen LogP contribution in [-0.2, 0) is 0 Å². The number of carbonyl (C=O) groups is 2. The molecule has 0 radical (unpaired) electrons. The van der Waals surface area contributed by atoms with Gasteiger partial charge in [0.05, 0.1) is 11.2 Å². The fourth-order valence-electron chi connectivity index (χ4n) is 4.56. The highest BCUT2D eigenvalue weighted by Crippen LogP contribution is 2.35. The lowest BCUT2D eigenvalue weighted by Gasteiger charge is -2.13. The summed E-state index contributed by atoms with van der Waals surface area (Å²) in [6.07, 6.45) is 9.73. The number of aromatic nitrogens is 2. The molecule has 35 heavy (non-hydrogen) atoms. The van der Waals surface area contributed by atoms with Crippen molar-refractivity contribution in [2.24, 2.45) is 0 Å². The zero-order valence-electron chi connectivity index (χ0n) is 18.8. The van der Waals surface area contributed by atoms with E-state index in [1.165, 1.54) is 0 Å². The van der Waals surface area contributed by atoms with Gasteiger partial charge in [0.2, 0.25) is 11.6 Å².